The lowest BCUT2D eigenvalue weighted by atomic mass is 9.96. The van der Waals surface area contributed by atoms with E-state index >= 15 is 0 Å². The molecule has 0 radical (unpaired) electrons. The summed E-state index contributed by atoms with van der Waals surface area (Å²) in [5.41, 5.74) is 5.09. The highest BCUT2D eigenvalue weighted by Gasteiger charge is 2.25. The zero-order chi connectivity index (χ0) is 20.1. The van der Waals surface area contributed by atoms with Gasteiger partial charge in [-0.3, -0.25) is 5.32 Å². The van der Waals surface area contributed by atoms with Crippen LogP contribution in [0.2, 0.25) is 0 Å². The van der Waals surface area contributed by atoms with Crippen LogP contribution in [-0.2, 0) is 22.5 Å². The third kappa shape index (κ3) is 4.28. The van der Waals surface area contributed by atoms with Gasteiger partial charge in [-0.15, -0.1) is 0 Å². The van der Waals surface area contributed by atoms with E-state index in [2.05, 4.69) is 34.5 Å². The molecule has 1 aromatic heterocycles. The Bertz CT molecular complexity index is 928. The molecule has 0 saturated carbocycles. The molecule has 0 unspecified atom stereocenters. The van der Waals surface area contributed by atoms with Gasteiger partial charge in [0.2, 0.25) is 11.7 Å². The first-order chi connectivity index (χ1) is 13.5. The molecule has 3 aromatic rings. The number of carbonyl (C=O) groups excluding carboxylic acids is 1. The van der Waals surface area contributed by atoms with Crippen LogP contribution in [0.5, 0.6) is 0 Å². The van der Waals surface area contributed by atoms with Crippen molar-refractivity contribution in [3.63, 3.8) is 0 Å². The van der Waals surface area contributed by atoms with Crippen LogP contribution in [0, 0.1) is 13.8 Å². The van der Waals surface area contributed by atoms with Crippen molar-refractivity contribution >= 4 is 5.97 Å². The van der Waals surface area contributed by atoms with Gasteiger partial charge < -0.3 is 9.26 Å². The molecule has 1 atom stereocenters. The largest absolute Gasteiger partial charge is 0.468 e. The van der Waals surface area contributed by atoms with Gasteiger partial charge in [-0.05, 0) is 42.5 Å². The van der Waals surface area contributed by atoms with Crippen molar-refractivity contribution < 1.29 is 14.1 Å². The number of carbonyl (C=O) groups is 1. The number of nitrogens with zero attached hydrogens (tertiary/aromatic N) is 2. The Kier molecular flexibility index (Phi) is 6.21. The number of benzene rings is 2. The van der Waals surface area contributed by atoms with E-state index in [1.54, 1.807) is 0 Å². The van der Waals surface area contributed by atoms with Crippen LogP contribution in [0.4, 0.5) is 0 Å². The van der Waals surface area contributed by atoms with E-state index in [1.807, 2.05) is 44.2 Å². The smallest absolute Gasteiger partial charge is 0.327 e. The fourth-order valence-electron chi connectivity index (χ4n) is 3.23. The second-order valence-corrected chi connectivity index (χ2v) is 6.70. The highest BCUT2D eigenvalue weighted by Crippen LogP contribution is 2.24. The van der Waals surface area contributed by atoms with Crippen LogP contribution in [0.1, 0.15) is 41.1 Å². The van der Waals surface area contributed by atoms with Gasteiger partial charge in [0.15, 0.2) is 0 Å². The molecule has 0 saturated heterocycles. The number of hydrogen-bond acceptors (Lipinski definition) is 6. The number of esters is 1. The van der Waals surface area contributed by atoms with E-state index in [4.69, 9.17) is 9.26 Å². The van der Waals surface area contributed by atoms with Gasteiger partial charge in [-0.2, -0.15) is 4.98 Å². The molecule has 0 aliphatic heterocycles. The van der Waals surface area contributed by atoms with E-state index in [1.165, 1.54) is 12.7 Å². The minimum atomic E-state index is -0.606. The standard InChI is InChI=1S/C22H25N3O3/c1-5-16-9-11-17(12-10-16)21-24-18(28-25-21)13-23-20(22(26)27-4)19-14(2)7-6-8-15(19)3/h6-12,20,23H,5,13H2,1-4H3/t20-/m1/s1. The van der Waals surface area contributed by atoms with Crippen molar-refractivity contribution in [2.75, 3.05) is 7.11 Å². The Morgan fingerprint density at radius 1 is 1.14 bits per heavy atom. The average molecular weight is 379 g/mol. The lowest BCUT2D eigenvalue weighted by Crippen LogP contribution is -2.30. The number of methoxy groups -OCH3 is 1. The summed E-state index contributed by atoms with van der Waals surface area (Å²) in [4.78, 5) is 16.8. The van der Waals surface area contributed by atoms with Gasteiger partial charge in [0.25, 0.3) is 0 Å². The summed E-state index contributed by atoms with van der Waals surface area (Å²) in [5.74, 6) is 0.586. The summed E-state index contributed by atoms with van der Waals surface area (Å²) in [6.07, 6.45) is 0.981. The maximum Gasteiger partial charge on any atom is 0.327 e. The zero-order valence-corrected chi connectivity index (χ0v) is 16.7. The van der Waals surface area contributed by atoms with Gasteiger partial charge in [-0.1, -0.05) is 54.5 Å². The van der Waals surface area contributed by atoms with Gasteiger partial charge in [-0.25, -0.2) is 4.79 Å². The van der Waals surface area contributed by atoms with Crippen LogP contribution in [-0.4, -0.2) is 23.2 Å². The van der Waals surface area contributed by atoms with E-state index in [9.17, 15) is 4.79 Å². The first-order valence-electron chi connectivity index (χ1n) is 9.32. The van der Waals surface area contributed by atoms with Gasteiger partial charge in [0.1, 0.15) is 6.04 Å². The normalized spacial score (nSPS) is 12.0. The molecule has 2 aromatic carbocycles. The monoisotopic (exact) mass is 379 g/mol. The lowest BCUT2D eigenvalue weighted by Gasteiger charge is -2.20. The van der Waals surface area contributed by atoms with Crippen molar-refractivity contribution in [1.29, 1.82) is 0 Å². The summed E-state index contributed by atoms with van der Waals surface area (Å²) >= 11 is 0. The van der Waals surface area contributed by atoms with Crippen molar-refractivity contribution in [2.24, 2.45) is 0 Å². The molecular formula is C22H25N3O3. The predicted molar refractivity (Wildman–Crippen MR) is 107 cm³/mol. The third-order valence-electron chi connectivity index (χ3n) is 4.81. The zero-order valence-electron chi connectivity index (χ0n) is 16.7. The average Bonchev–Trinajstić information content (AvgIpc) is 3.18. The maximum absolute atomic E-state index is 12.4. The minimum absolute atomic E-state index is 0.258. The number of aromatic nitrogens is 2. The summed E-state index contributed by atoms with van der Waals surface area (Å²) in [6.45, 7) is 6.32. The quantitative estimate of drug-likeness (QED) is 0.627. The molecule has 0 spiro atoms. The predicted octanol–water partition coefficient (Wildman–Crippen LogP) is 3.92. The Morgan fingerprint density at radius 2 is 1.82 bits per heavy atom. The molecule has 6 heteroatoms. The summed E-state index contributed by atoms with van der Waals surface area (Å²) in [6, 6.07) is 13.4. The first kappa shape index (κ1) is 19.8. The highest BCUT2D eigenvalue weighted by molar-refractivity contribution is 5.78. The number of rotatable bonds is 7. The third-order valence-corrected chi connectivity index (χ3v) is 4.81. The van der Waals surface area contributed by atoms with Gasteiger partial charge in [0.05, 0.1) is 13.7 Å². The van der Waals surface area contributed by atoms with Gasteiger partial charge >= 0.3 is 5.97 Å². The Hall–Kier alpha value is -2.99. The fourth-order valence-corrected chi connectivity index (χ4v) is 3.23. The molecule has 1 heterocycles. The van der Waals surface area contributed by atoms with Crippen LogP contribution in [0.25, 0.3) is 11.4 Å². The second-order valence-electron chi connectivity index (χ2n) is 6.70. The first-order valence-corrected chi connectivity index (χ1v) is 9.32. The summed E-state index contributed by atoms with van der Waals surface area (Å²) < 4.78 is 10.4. The molecule has 146 valence electrons. The number of ether oxygens (including phenoxy) is 1. The second kappa shape index (κ2) is 8.80. The van der Waals surface area contributed by atoms with Crippen molar-refractivity contribution in [2.45, 2.75) is 39.8 Å². The van der Waals surface area contributed by atoms with E-state index < -0.39 is 6.04 Å². The maximum atomic E-state index is 12.4. The van der Waals surface area contributed by atoms with E-state index in [0.29, 0.717) is 11.7 Å². The molecule has 0 amide bonds. The van der Waals surface area contributed by atoms with Crippen LogP contribution < -0.4 is 5.32 Å². The Labute approximate surface area is 164 Å². The summed E-state index contributed by atoms with van der Waals surface area (Å²) in [5, 5.41) is 7.25. The molecular weight excluding hydrogens is 354 g/mol. The molecule has 0 bridgehead atoms. The summed E-state index contributed by atoms with van der Waals surface area (Å²) in [7, 11) is 1.38. The SMILES string of the molecule is CCc1ccc(-c2noc(CN[C@@H](C(=O)OC)c3c(C)cccc3C)n2)cc1. The van der Waals surface area contributed by atoms with E-state index in [-0.39, 0.29) is 12.5 Å². The number of nitrogens with one attached hydrogen (secondary N) is 1. The molecule has 28 heavy (non-hydrogen) atoms. The van der Waals surface area contributed by atoms with Crippen molar-refractivity contribution in [3.8, 4) is 11.4 Å². The molecule has 0 aliphatic rings. The lowest BCUT2D eigenvalue weighted by molar-refractivity contribution is -0.143. The minimum Gasteiger partial charge on any atom is -0.468 e. The fraction of sp³-hybridized carbons (Fsp3) is 0.318. The molecule has 1 N–H and O–H groups in total. The number of hydrogen-bond donors (Lipinski definition) is 1. The Morgan fingerprint density at radius 3 is 2.43 bits per heavy atom. The molecule has 6 nitrogen and oxygen atoms in total. The van der Waals surface area contributed by atoms with Crippen LogP contribution in [0.15, 0.2) is 47.0 Å². The highest BCUT2D eigenvalue weighted by atomic mass is 16.5. The van der Waals surface area contributed by atoms with Crippen molar-refractivity contribution in [3.05, 3.63) is 70.6 Å². The van der Waals surface area contributed by atoms with Gasteiger partial charge in [0, 0.05) is 5.56 Å². The Balaban J connectivity index is 1.77. The molecule has 0 fully saturated rings. The number of aryl methyl sites for hydroxylation is 3. The van der Waals surface area contributed by atoms with Crippen LogP contribution >= 0.6 is 0 Å². The molecule has 3 rings (SSSR count). The van der Waals surface area contributed by atoms with E-state index in [0.717, 1.165) is 28.7 Å². The molecule has 0 aliphatic carbocycles. The van der Waals surface area contributed by atoms with Crippen molar-refractivity contribution in [1.82, 2.24) is 15.5 Å². The van der Waals surface area contributed by atoms with Crippen LogP contribution in [0.3, 0.4) is 0 Å². The topological polar surface area (TPSA) is 77.2 Å².